The minimum atomic E-state index is 0. The number of halogens is 1. The van der Waals surface area contributed by atoms with Crippen molar-refractivity contribution in [3.8, 4) is 0 Å². The fourth-order valence-electron chi connectivity index (χ4n) is 3.18. The Bertz CT molecular complexity index is 183. The highest BCUT2D eigenvalue weighted by Gasteiger charge is 2.40. The summed E-state index contributed by atoms with van der Waals surface area (Å²) in [7, 11) is 0. The first-order valence-electron chi connectivity index (χ1n) is 5.56. The lowest BCUT2D eigenvalue weighted by Gasteiger charge is -2.40. The maximum atomic E-state index is 6.12. The number of nitrogens with two attached hydrogens (primary N) is 1. The van der Waals surface area contributed by atoms with E-state index in [1.54, 1.807) is 0 Å². The molecular weight excluding hydrogens is 212 g/mol. The first kappa shape index (κ1) is 15.2. The fourth-order valence-corrected chi connectivity index (χ4v) is 3.18. The first-order valence-corrected chi connectivity index (χ1v) is 5.56. The molecule has 2 aliphatic rings. The molecule has 5 N–H and O–H groups in total. The van der Waals surface area contributed by atoms with Crippen molar-refractivity contribution in [1.29, 1.82) is 0 Å². The van der Waals surface area contributed by atoms with Gasteiger partial charge in [-0.2, -0.15) is 0 Å². The van der Waals surface area contributed by atoms with Crippen LogP contribution in [0, 0.1) is 11.3 Å². The zero-order valence-electron chi connectivity index (χ0n) is 9.71. The summed E-state index contributed by atoms with van der Waals surface area (Å²) in [6.45, 7) is 4.13. The summed E-state index contributed by atoms with van der Waals surface area (Å²) >= 11 is 0. The van der Waals surface area contributed by atoms with E-state index < -0.39 is 0 Å². The van der Waals surface area contributed by atoms with Crippen LogP contribution in [0.2, 0.25) is 0 Å². The summed E-state index contributed by atoms with van der Waals surface area (Å²) in [4.78, 5) is 0. The van der Waals surface area contributed by atoms with Gasteiger partial charge >= 0.3 is 0 Å². The second-order valence-corrected chi connectivity index (χ2v) is 5.00. The number of hydrogen-bond acceptors (Lipinski definition) is 3. The maximum absolute atomic E-state index is 6.12. The van der Waals surface area contributed by atoms with Crippen molar-refractivity contribution >= 4 is 12.4 Å². The number of hydrogen-bond donors (Lipinski definition) is 2. The lowest BCUT2D eigenvalue weighted by Crippen LogP contribution is -2.46. The van der Waals surface area contributed by atoms with Gasteiger partial charge in [-0.3, -0.25) is 0 Å². The molecule has 0 radical (unpaired) electrons. The van der Waals surface area contributed by atoms with E-state index in [1.165, 1.54) is 32.1 Å². The van der Waals surface area contributed by atoms with E-state index in [1.807, 2.05) is 0 Å². The van der Waals surface area contributed by atoms with Gasteiger partial charge in [-0.05, 0) is 30.6 Å². The monoisotopic (exact) mass is 236 g/mol. The van der Waals surface area contributed by atoms with Crippen molar-refractivity contribution in [2.75, 3.05) is 13.2 Å². The average molecular weight is 237 g/mol. The van der Waals surface area contributed by atoms with Gasteiger partial charge in [0.05, 0.1) is 6.61 Å². The van der Waals surface area contributed by atoms with Crippen LogP contribution in [0.4, 0.5) is 0 Å². The van der Waals surface area contributed by atoms with E-state index in [-0.39, 0.29) is 24.6 Å². The molecule has 92 valence electrons. The van der Waals surface area contributed by atoms with E-state index in [0.717, 1.165) is 13.2 Å². The van der Waals surface area contributed by atoms with Crippen LogP contribution in [0.3, 0.4) is 0 Å². The molecule has 3 nitrogen and oxygen atoms in total. The largest absolute Gasteiger partial charge is 0.380 e. The summed E-state index contributed by atoms with van der Waals surface area (Å²) < 4.78 is 5.39. The molecule has 1 heterocycles. The molecule has 1 saturated heterocycles. The summed E-state index contributed by atoms with van der Waals surface area (Å²) in [6, 6.07) is 0.289. The van der Waals surface area contributed by atoms with Crippen LogP contribution in [0.5, 0.6) is 0 Å². The second kappa shape index (κ2) is 6.04. The molecule has 0 aromatic carbocycles. The Morgan fingerprint density at radius 1 is 1.27 bits per heavy atom. The van der Waals surface area contributed by atoms with Crippen LogP contribution in [0.25, 0.3) is 0 Å². The highest BCUT2D eigenvalue weighted by Crippen LogP contribution is 2.47. The standard InChI is InChI=1S/C11H21NO.ClH.H3N/c1-11(5-2-3-6-11)9-4-7-13-8-10(9)12;;/h9-10H,2-8,12H2,1H3;1H;1H3. The summed E-state index contributed by atoms with van der Waals surface area (Å²) in [5.74, 6) is 0.712. The van der Waals surface area contributed by atoms with Crippen molar-refractivity contribution in [3.05, 3.63) is 0 Å². The van der Waals surface area contributed by atoms with Crippen molar-refractivity contribution < 1.29 is 4.74 Å². The Balaban J connectivity index is 0.000000980. The summed E-state index contributed by atoms with van der Waals surface area (Å²) in [5, 5.41) is 0. The summed E-state index contributed by atoms with van der Waals surface area (Å²) in [6.07, 6.45) is 6.75. The van der Waals surface area contributed by atoms with Gasteiger partial charge < -0.3 is 16.6 Å². The minimum Gasteiger partial charge on any atom is -0.380 e. The number of rotatable bonds is 1. The predicted molar refractivity (Wildman–Crippen MR) is 65.7 cm³/mol. The van der Waals surface area contributed by atoms with Gasteiger partial charge in [0.1, 0.15) is 0 Å². The smallest absolute Gasteiger partial charge is 0.0620 e. The second-order valence-electron chi connectivity index (χ2n) is 5.00. The Morgan fingerprint density at radius 2 is 1.87 bits per heavy atom. The average Bonchev–Trinajstić information content (AvgIpc) is 2.54. The first-order chi connectivity index (χ1) is 6.22. The Morgan fingerprint density at radius 3 is 2.40 bits per heavy atom. The van der Waals surface area contributed by atoms with Gasteiger partial charge in [-0.15, -0.1) is 12.4 Å². The van der Waals surface area contributed by atoms with Gasteiger partial charge in [0.2, 0.25) is 0 Å². The van der Waals surface area contributed by atoms with Crippen LogP contribution in [0.1, 0.15) is 39.0 Å². The molecule has 1 aliphatic carbocycles. The number of ether oxygens (including phenoxy) is 1. The van der Waals surface area contributed by atoms with Crippen LogP contribution < -0.4 is 11.9 Å². The lowest BCUT2D eigenvalue weighted by atomic mass is 9.70. The topological polar surface area (TPSA) is 70.2 Å². The highest BCUT2D eigenvalue weighted by atomic mass is 35.5. The van der Waals surface area contributed by atoms with Crippen molar-refractivity contribution in [2.45, 2.75) is 45.1 Å². The molecule has 0 aromatic heterocycles. The molecule has 15 heavy (non-hydrogen) atoms. The zero-order valence-corrected chi connectivity index (χ0v) is 10.5. The molecule has 1 aliphatic heterocycles. The third-order valence-corrected chi connectivity index (χ3v) is 4.04. The van der Waals surface area contributed by atoms with Crippen LogP contribution >= 0.6 is 12.4 Å². The van der Waals surface area contributed by atoms with E-state index in [4.69, 9.17) is 10.5 Å². The van der Waals surface area contributed by atoms with Crippen molar-refractivity contribution in [2.24, 2.45) is 17.1 Å². The van der Waals surface area contributed by atoms with Gasteiger partial charge in [-0.1, -0.05) is 19.8 Å². The van der Waals surface area contributed by atoms with Gasteiger partial charge in [-0.25, -0.2) is 0 Å². The molecule has 4 heteroatoms. The molecule has 1 saturated carbocycles. The highest BCUT2D eigenvalue weighted by molar-refractivity contribution is 5.85. The van der Waals surface area contributed by atoms with Crippen LogP contribution in [-0.2, 0) is 4.74 Å². The SMILES string of the molecule is CC1(C2CCOCC2N)CCCC1.Cl.N. The van der Waals surface area contributed by atoms with E-state index in [0.29, 0.717) is 11.3 Å². The Labute approximate surface area is 99.1 Å². The lowest BCUT2D eigenvalue weighted by molar-refractivity contribution is 0.00110. The molecular formula is C11H25ClN2O. The molecule has 0 bridgehead atoms. The molecule has 2 atom stereocenters. The summed E-state index contributed by atoms with van der Waals surface area (Å²) in [5.41, 5.74) is 6.65. The third kappa shape index (κ3) is 3.06. The van der Waals surface area contributed by atoms with Crippen molar-refractivity contribution in [3.63, 3.8) is 0 Å². The van der Waals surface area contributed by atoms with Gasteiger partial charge in [0.15, 0.2) is 0 Å². The molecule has 0 amide bonds. The quantitative estimate of drug-likeness (QED) is 0.735. The predicted octanol–water partition coefficient (Wildman–Crippen LogP) is 2.51. The van der Waals surface area contributed by atoms with E-state index in [2.05, 4.69) is 6.92 Å². The molecule has 2 fully saturated rings. The maximum Gasteiger partial charge on any atom is 0.0620 e. The fraction of sp³-hybridized carbons (Fsp3) is 1.00. The Kier molecular flexibility index (Phi) is 6.11. The molecule has 2 unspecified atom stereocenters. The van der Waals surface area contributed by atoms with Gasteiger partial charge in [0.25, 0.3) is 0 Å². The van der Waals surface area contributed by atoms with Crippen LogP contribution in [0.15, 0.2) is 0 Å². The van der Waals surface area contributed by atoms with Crippen LogP contribution in [-0.4, -0.2) is 19.3 Å². The Hall–Kier alpha value is 0.170. The van der Waals surface area contributed by atoms with Crippen molar-refractivity contribution in [1.82, 2.24) is 6.15 Å². The van der Waals surface area contributed by atoms with Gasteiger partial charge in [0, 0.05) is 12.6 Å². The van der Waals surface area contributed by atoms with E-state index in [9.17, 15) is 0 Å². The third-order valence-electron chi connectivity index (χ3n) is 4.04. The van der Waals surface area contributed by atoms with E-state index >= 15 is 0 Å². The molecule has 0 aromatic rings. The molecule has 2 rings (SSSR count). The molecule has 0 spiro atoms. The zero-order chi connectivity index (χ0) is 9.31. The minimum absolute atomic E-state index is 0. The normalized spacial score (nSPS) is 34.0.